The molecule has 1 aliphatic rings. The molecule has 0 atom stereocenters. The Morgan fingerprint density at radius 1 is 0.743 bits per heavy atom. The van der Waals surface area contributed by atoms with Crippen LogP contribution >= 0.6 is 11.3 Å². The lowest BCUT2D eigenvalue weighted by atomic mass is 9.79. The Kier molecular flexibility index (Phi) is 4.33. The number of aromatic nitrogens is 1. The molecule has 2 aromatic heterocycles. The van der Waals surface area contributed by atoms with Crippen molar-refractivity contribution in [2.24, 2.45) is 0 Å². The molecule has 6 aromatic rings. The zero-order valence-electron chi connectivity index (χ0n) is 20.1. The van der Waals surface area contributed by atoms with E-state index in [9.17, 15) is 0 Å². The van der Waals surface area contributed by atoms with Crippen LogP contribution in [0.3, 0.4) is 0 Å². The molecule has 4 nitrogen and oxygen atoms in total. The average Bonchev–Trinajstić information content (AvgIpc) is 3.47. The minimum Gasteiger partial charge on any atom is -0.456 e. The van der Waals surface area contributed by atoms with Crippen LogP contribution in [0.5, 0.6) is 0 Å². The first kappa shape index (κ1) is 21.1. The highest BCUT2D eigenvalue weighted by Gasteiger charge is 2.51. The smallest absolute Gasteiger partial charge is 0.456 e. The summed E-state index contributed by atoms with van der Waals surface area (Å²) in [6.45, 7) is 8.27. The van der Waals surface area contributed by atoms with Crippen molar-refractivity contribution in [3.05, 3.63) is 72.8 Å². The second kappa shape index (κ2) is 7.17. The van der Waals surface area contributed by atoms with E-state index in [2.05, 4.69) is 94.4 Å². The molecule has 0 radical (unpaired) electrons. The first-order chi connectivity index (χ1) is 16.8. The van der Waals surface area contributed by atoms with E-state index in [0.29, 0.717) is 0 Å². The minimum atomic E-state index is -0.410. The van der Waals surface area contributed by atoms with Gasteiger partial charge < -0.3 is 13.7 Å². The van der Waals surface area contributed by atoms with Crippen molar-refractivity contribution >= 4 is 66.8 Å². The fraction of sp³-hybridized carbons (Fsp3) is 0.207. The van der Waals surface area contributed by atoms with Crippen LogP contribution in [0.4, 0.5) is 0 Å². The number of nitrogens with zero attached hydrogens (tertiary/aromatic N) is 1. The maximum atomic E-state index is 6.29. The third-order valence-electron chi connectivity index (χ3n) is 7.53. The number of hydrogen-bond acceptors (Lipinski definition) is 5. The average molecular weight is 477 g/mol. The van der Waals surface area contributed by atoms with Crippen LogP contribution in [0.25, 0.3) is 53.5 Å². The first-order valence-corrected chi connectivity index (χ1v) is 12.7. The third-order valence-corrected chi connectivity index (χ3v) is 8.59. The number of thiazole rings is 1. The molecule has 1 fully saturated rings. The van der Waals surface area contributed by atoms with E-state index in [1.165, 1.54) is 10.8 Å². The number of furan rings is 1. The van der Waals surface area contributed by atoms with Crippen molar-refractivity contribution in [3.8, 4) is 10.6 Å². The summed E-state index contributed by atoms with van der Waals surface area (Å²) >= 11 is 1.72. The molecular weight excluding hydrogens is 453 g/mol. The van der Waals surface area contributed by atoms with Gasteiger partial charge in [-0.25, -0.2) is 4.98 Å². The van der Waals surface area contributed by atoms with Crippen molar-refractivity contribution in [1.29, 1.82) is 0 Å². The lowest BCUT2D eigenvalue weighted by Gasteiger charge is -2.32. The van der Waals surface area contributed by atoms with Crippen molar-refractivity contribution < 1.29 is 13.7 Å². The molecule has 0 bridgehead atoms. The van der Waals surface area contributed by atoms with Gasteiger partial charge in [-0.2, -0.15) is 0 Å². The lowest BCUT2D eigenvalue weighted by Crippen LogP contribution is -2.41. The number of fused-ring (bicyclic) bond motifs is 5. The van der Waals surface area contributed by atoms with Gasteiger partial charge in [0.05, 0.1) is 21.4 Å². The predicted octanol–water partition coefficient (Wildman–Crippen LogP) is 7.32. The summed E-state index contributed by atoms with van der Waals surface area (Å²) in [4.78, 5) is 4.94. The van der Waals surface area contributed by atoms with Gasteiger partial charge in [-0.05, 0) is 62.1 Å². The summed E-state index contributed by atoms with van der Waals surface area (Å²) in [6, 6.07) is 25.4. The highest BCUT2D eigenvalue weighted by molar-refractivity contribution is 7.21. The van der Waals surface area contributed by atoms with Crippen molar-refractivity contribution in [2.75, 3.05) is 0 Å². The Hall–Kier alpha value is -3.19. The molecule has 0 aliphatic carbocycles. The Labute approximate surface area is 207 Å². The molecule has 0 saturated carbocycles. The summed E-state index contributed by atoms with van der Waals surface area (Å²) in [5, 5.41) is 5.67. The Morgan fingerprint density at radius 3 is 2.29 bits per heavy atom. The van der Waals surface area contributed by atoms with Crippen molar-refractivity contribution in [3.63, 3.8) is 0 Å². The van der Waals surface area contributed by atoms with E-state index in [4.69, 9.17) is 18.7 Å². The Morgan fingerprint density at radius 2 is 1.49 bits per heavy atom. The van der Waals surface area contributed by atoms with E-state index in [-0.39, 0.29) is 11.2 Å². The topological polar surface area (TPSA) is 44.5 Å². The van der Waals surface area contributed by atoms with E-state index in [1.54, 1.807) is 11.3 Å². The largest absolute Gasteiger partial charge is 0.494 e. The maximum Gasteiger partial charge on any atom is 0.494 e. The fourth-order valence-corrected chi connectivity index (χ4v) is 5.77. The molecular formula is C29H24BNO3S. The summed E-state index contributed by atoms with van der Waals surface area (Å²) < 4.78 is 19.9. The van der Waals surface area contributed by atoms with Crippen LogP contribution in [0.15, 0.2) is 77.2 Å². The molecule has 1 aliphatic heterocycles. The second-order valence-corrected chi connectivity index (χ2v) is 11.4. The van der Waals surface area contributed by atoms with Gasteiger partial charge in [0.2, 0.25) is 0 Å². The molecule has 0 spiro atoms. The highest BCUT2D eigenvalue weighted by Crippen LogP contribution is 2.39. The molecule has 35 heavy (non-hydrogen) atoms. The molecule has 3 heterocycles. The van der Waals surface area contributed by atoms with Crippen LogP contribution in [0, 0.1) is 0 Å². The van der Waals surface area contributed by atoms with Crippen LogP contribution in [-0.2, 0) is 9.31 Å². The normalized spacial score (nSPS) is 17.3. The standard InChI is InChI=1S/C29H24BNO3S/c1-28(2)29(3,4)34-30(33-28)20-11-12-21-22-15-26-23(16-25(22)32-24(21)14-20)31-27(35-26)19-10-9-17-7-5-6-8-18(17)13-19/h5-16H,1-4H3. The number of benzene rings is 4. The molecule has 172 valence electrons. The van der Waals surface area contributed by atoms with Crippen LogP contribution in [0.2, 0.25) is 0 Å². The van der Waals surface area contributed by atoms with Gasteiger partial charge in [-0.15, -0.1) is 11.3 Å². The maximum absolute atomic E-state index is 6.29. The summed E-state index contributed by atoms with van der Waals surface area (Å²) in [6.07, 6.45) is 0. The van der Waals surface area contributed by atoms with Crippen molar-refractivity contribution in [2.45, 2.75) is 38.9 Å². The molecule has 4 aromatic carbocycles. The molecule has 0 unspecified atom stereocenters. The zero-order chi connectivity index (χ0) is 23.9. The quantitative estimate of drug-likeness (QED) is 0.245. The molecule has 7 rings (SSSR count). The fourth-order valence-electron chi connectivity index (χ4n) is 4.79. The van der Waals surface area contributed by atoms with E-state index >= 15 is 0 Å². The van der Waals surface area contributed by atoms with Gasteiger partial charge in [-0.1, -0.05) is 48.5 Å². The summed E-state index contributed by atoms with van der Waals surface area (Å²) in [5.41, 5.74) is 3.98. The van der Waals surface area contributed by atoms with E-state index in [0.717, 1.165) is 48.2 Å². The molecule has 0 N–H and O–H groups in total. The molecule has 6 heteroatoms. The number of hydrogen-bond donors (Lipinski definition) is 0. The second-order valence-electron chi connectivity index (χ2n) is 10.3. The SMILES string of the molecule is CC1(C)OB(c2ccc3c(c2)oc2cc4nc(-c5ccc6ccccc6c5)sc4cc23)OC1(C)C. The highest BCUT2D eigenvalue weighted by atomic mass is 32.1. The molecule has 1 saturated heterocycles. The van der Waals surface area contributed by atoms with Crippen LogP contribution in [0.1, 0.15) is 27.7 Å². The van der Waals surface area contributed by atoms with Crippen molar-refractivity contribution in [1.82, 2.24) is 4.98 Å². The summed E-state index contributed by atoms with van der Waals surface area (Å²) in [7, 11) is -0.410. The van der Waals surface area contributed by atoms with Gasteiger partial charge >= 0.3 is 7.12 Å². The Balaban J connectivity index is 1.29. The van der Waals surface area contributed by atoms with E-state index < -0.39 is 7.12 Å². The predicted molar refractivity (Wildman–Crippen MR) is 146 cm³/mol. The number of rotatable bonds is 2. The minimum absolute atomic E-state index is 0.376. The van der Waals surface area contributed by atoms with Gasteiger partial charge in [0.1, 0.15) is 16.2 Å². The van der Waals surface area contributed by atoms with Gasteiger partial charge in [0, 0.05) is 22.4 Å². The monoisotopic (exact) mass is 477 g/mol. The van der Waals surface area contributed by atoms with Gasteiger partial charge in [0.15, 0.2) is 0 Å². The third kappa shape index (κ3) is 3.24. The van der Waals surface area contributed by atoms with Gasteiger partial charge in [-0.3, -0.25) is 0 Å². The van der Waals surface area contributed by atoms with Gasteiger partial charge in [0.25, 0.3) is 0 Å². The zero-order valence-corrected chi connectivity index (χ0v) is 20.9. The van der Waals surface area contributed by atoms with Crippen LogP contribution in [-0.4, -0.2) is 23.3 Å². The van der Waals surface area contributed by atoms with E-state index in [1.807, 2.05) is 6.07 Å². The lowest BCUT2D eigenvalue weighted by molar-refractivity contribution is 0.00578. The first-order valence-electron chi connectivity index (χ1n) is 11.9. The summed E-state index contributed by atoms with van der Waals surface area (Å²) in [5.74, 6) is 0. The molecule has 0 amide bonds. The van der Waals surface area contributed by atoms with Crippen LogP contribution < -0.4 is 5.46 Å². The Bertz CT molecular complexity index is 1770.